The molecule has 1 aliphatic heterocycles. The highest BCUT2D eigenvalue weighted by molar-refractivity contribution is 7.07. The minimum Gasteiger partial charge on any atom is -0.496 e. The highest BCUT2D eigenvalue weighted by Gasteiger charge is 2.35. The van der Waals surface area contributed by atoms with Gasteiger partial charge < -0.3 is 18.8 Å². The zero-order chi connectivity index (χ0) is 31.9. The van der Waals surface area contributed by atoms with Gasteiger partial charge in [0.1, 0.15) is 11.8 Å². The molecular weight excluding hydrogens is 602 g/mol. The van der Waals surface area contributed by atoms with E-state index in [-0.39, 0.29) is 17.7 Å². The number of carbonyl (C=O) groups excluding carboxylic acids is 2. The van der Waals surface area contributed by atoms with Gasteiger partial charge in [0.05, 0.1) is 42.2 Å². The van der Waals surface area contributed by atoms with Crippen molar-refractivity contribution in [1.82, 2.24) is 9.13 Å². The number of aromatic nitrogens is 2. The summed E-state index contributed by atoms with van der Waals surface area (Å²) < 4.78 is 20.0. The fourth-order valence-electron chi connectivity index (χ4n) is 5.65. The zero-order valence-electron chi connectivity index (χ0n) is 25.5. The van der Waals surface area contributed by atoms with Crippen LogP contribution in [0.3, 0.4) is 0 Å². The maximum absolute atomic E-state index is 14.2. The summed E-state index contributed by atoms with van der Waals surface area (Å²) in [6.07, 6.45) is 1.83. The molecule has 1 atom stereocenters. The van der Waals surface area contributed by atoms with Crippen LogP contribution in [0.25, 0.3) is 11.8 Å². The SMILES string of the molecule is CCOC(=O)C1=C(C)N=c2s/c(=C\c3cc(C)n(-c4cccc(C(=O)OC)c4C)c3C)c(=O)n2[C@@H]1c1cc(Cl)ccc1OC. The number of esters is 2. The van der Waals surface area contributed by atoms with Crippen LogP contribution in [0.4, 0.5) is 0 Å². The summed E-state index contributed by atoms with van der Waals surface area (Å²) in [5.41, 5.74) is 5.66. The first-order valence-corrected chi connectivity index (χ1v) is 15.1. The second-order valence-corrected chi connectivity index (χ2v) is 11.7. The van der Waals surface area contributed by atoms with E-state index in [2.05, 4.69) is 4.99 Å². The van der Waals surface area contributed by atoms with Gasteiger partial charge in [0.15, 0.2) is 4.80 Å². The zero-order valence-corrected chi connectivity index (χ0v) is 27.1. The maximum Gasteiger partial charge on any atom is 0.338 e. The van der Waals surface area contributed by atoms with Gasteiger partial charge in [0.2, 0.25) is 0 Å². The molecule has 3 heterocycles. The van der Waals surface area contributed by atoms with Crippen molar-refractivity contribution in [2.75, 3.05) is 20.8 Å². The fraction of sp³-hybridized carbons (Fsp3) is 0.273. The van der Waals surface area contributed by atoms with Crippen LogP contribution in [-0.2, 0) is 14.3 Å². The van der Waals surface area contributed by atoms with E-state index in [4.69, 9.17) is 25.8 Å². The first kappa shape index (κ1) is 31.0. The molecule has 0 N–H and O–H groups in total. The van der Waals surface area contributed by atoms with Crippen molar-refractivity contribution in [3.63, 3.8) is 0 Å². The lowest BCUT2D eigenvalue weighted by atomic mass is 9.95. The molecule has 0 unspecified atom stereocenters. The van der Waals surface area contributed by atoms with Crippen molar-refractivity contribution in [2.45, 2.75) is 40.7 Å². The summed E-state index contributed by atoms with van der Waals surface area (Å²) in [5.74, 6) is -0.502. The molecule has 0 radical (unpaired) electrons. The van der Waals surface area contributed by atoms with E-state index < -0.39 is 18.0 Å². The number of ether oxygens (including phenoxy) is 3. The molecule has 0 spiro atoms. The Hall–Kier alpha value is -4.41. The number of carbonyl (C=O) groups is 2. The summed E-state index contributed by atoms with van der Waals surface area (Å²) in [5, 5.41) is 0.430. The number of allylic oxidation sites excluding steroid dienone is 1. The van der Waals surface area contributed by atoms with Crippen LogP contribution in [0, 0.1) is 20.8 Å². The predicted octanol–water partition coefficient (Wildman–Crippen LogP) is 4.96. The number of thiazole rings is 1. The molecular formula is C33H32ClN3O6S. The number of aryl methyl sites for hydroxylation is 1. The lowest BCUT2D eigenvalue weighted by Gasteiger charge is -2.26. The number of rotatable bonds is 7. The van der Waals surface area contributed by atoms with E-state index in [1.165, 1.54) is 30.1 Å². The Kier molecular flexibility index (Phi) is 8.67. The number of hydrogen-bond acceptors (Lipinski definition) is 8. The molecule has 228 valence electrons. The summed E-state index contributed by atoms with van der Waals surface area (Å²) in [7, 11) is 2.88. The van der Waals surface area contributed by atoms with Crippen LogP contribution in [-0.4, -0.2) is 41.9 Å². The first-order chi connectivity index (χ1) is 21.0. The summed E-state index contributed by atoms with van der Waals surface area (Å²) in [6, 6.07) is 11.7. The Morgan fingerprint density at radius 3 is 2.50 bits per heavy atom. The number of halogens is 1. The average molecular weight is 634 g/mol. The lowest BCUT2D eigenvalue weighted by molar-refractivity contribution is -0.139. The Morgan fingerprint density at radius 1 is 1.07 bits per heavy atom. The summed E-state index contributed by atoms with van der Waals surface area (Å²) in [6.45, 7) is 9.43. The van der Waals surface area contributed by atoms with E-state index in [0.29, 0.717) is 36.9 Å². The van der Waals surface area contributed by atoms with Crippen LogP contribution < -0.4 is 19.6 Å². The van der Waals surface area contributed by atoms with Gasteiger partial charge in [0.25, 0.3) is 5.56 Å². The molecule has 0 amide bonds. The van der Waals surface area contributed by atoms with Crippen molar-refractivity contribution in [2.24, 2.45) is 4.99 Å². The molecule has 2 aromatic carbocycles. The van der Waals surface area contributed by atoms with Crippen LogP contribution >= 0.6 is 22.9 Å². The minimum atomic E-state index is -0.864. The molecule has 4 aromatic rings. The highest BCUT2D eigenvalue weighted by atomic mass is 35.5. The Balaban J connectivity index is 1.72. The first-order valence-electron chi connectivity index (χ1n) is 13.9. The van der Waals surface area contributed by atoms with Gasteiger partial charge in [-0.15, -0.1) is 0 Å². The summed E-state index contributed by atoms with van der Waals surface area (Å²) >= 11 is 7.63. The van der Waals surface area contributed by atoms with Crippen molar-refractivity contribution in [3.05, 3.63) is 112 Å². The number of fused-ring (bicyclic) bond motifs is 1. The largest absolute Gasteiger partial charge is 0.496 e. The van der Waals surface area contributed by atoms with Crippen molar-refractivity contribution < 1.29 is 23.8 Å². The molecule has 0 aliphatic carbocycles. The fourth-order valence-corrected chi connectivity index (χ4v) is 6.87. The molecule has 5 rings (SSSR count). The number of methoxy groups -OCH3 is 2. The molecule has 44 heavy (non-hydrogen) atoms. The number of benzene rings is 2. The molecule has 1 aliphatic rings. The molecule has 0 saturated carbocycles. The van der Waals surface area contributed by atoms with Crippen molar-refractivity contribution >= 4 is 41.0 Å². The molecule has 0 saturated heterocycles. The lowest BCUT2D eigenvalue weighted by Crippen LogP contribution is -2.40. The standard InChI is InChI=1S/C33H32ClN3O6S/c1-8-43-32(40)28-19(4)35-33-37(29(28)24-16-22(34)12-13-26(24)41-6)30(38)27(44-33)15-21-14-17(2)36(20(21)5)25-11-9-10-23(18(25)3)31(39)42-7/h9-16,29H,8H2,1-7H3/b27-15-/t29-/m1/s1. The maximum atomic E-state index is 14.2. The van der Waals surface area contributed by atoms with Crippen molar-refractivity contribution in [1.29, 1.82) is 0 Å². The van der Waals surface area contributed by atoms with E-state index in [0.717, 1.165) is 28.2 Å². The smallest absolute Gasteiger partial charge is 0.338 e. The Labute approximate surface area is 263 Å². The molecule has 0 bridgehead atoms. The number of hydrogen-bond donors (Lipinski definition) is 0. The Morgan fingerprint density at radius 2 is 1.82 bits per heavy atom. The highest BCUT2D eigenvalue weighted by Crippen LogP contribution is 2.37. The van der Waals surface area contributed by atoms with E-state index >= 15 is 0 Å². The van der Waals surface area contributed by atoms with Crippen LogP contribution in [0.15, 0.2) is 63.5 Å². The molecule has 2 aromatic heterocycles. The predicted molar refractivity (Wildman–Crippen MR) is 170 cm³/mol. The van der Waals surface area contributed by atoms with Crippen LogP contribution in [0.5, 0.6) is 5.75 Å². The molecule has 11 heteroatoms. The molecule has 9 nitrogen and oxygen atoms in total. The van der Waals surface area contributed by atoms with Gasteiger partial charge in [0, 0.05) is 27.7 Å². The van der Waals surface area contributed by atoms with Crippen LogP contribution in [0.1, 0.15) is 58.3 Å². The van der Waals surface area contributed by atoms with Gasteiger partial charge in [-0.2, -0.15) is 0 Å². The number of nitrogens with zero attached hydrogens (tertiary/aromatic N) is 3. The summed E-state index contributed by atoms with van der Waals surface area (Å²) in [4.78, 5) is 44.9. The normalized spacial score (nSPS) is 14.7. The van der Waals surface area contributed by atoms with Crippen LogP contribution in [0.2, 0.25) is 5.02 Å². The monoisotopic (exact) mass is 633 g/mol. The third kappa shape index (κ3) is 5.28. The second kappa shape index (κ2) is 12.3. The van der Waals surface area contributed by atoms with Gasteiger partial charge >= 0.3 is 11.9 Å². The van der Waals surface area contributed by atoms with Crippen molar-refractivity contribution in [3.8, 4) is 11.4 Å². The third-order valence-electron chi connectivity index (χ3n) is 7.71. The third-order valence-corrected chi connectivity index (χ3v) is 8.93. The van der Waals surface area contributed by atoms with E-state index in [9.17, 15) is 14.4 Å². The van der Waals surface area contributed by atoms with E-state index in [1.54, 1.807) is 38.1 Å². The van der Waals surface area contributed by atoms with Gasteiger partial charge in [-0.3, -0.25) is 9.36 Å². The Bertz CT molecular complexity index is 2030. The second-order valence-electron chi connectivity index (χ2n) is 10.3. The van der Waals surface area contributed by atoms with Gasteiger partial charge in [-0.1, -0.05) is 29.0 Å². The van der Waals surface area contributed by atoms with E-state index in [1.807, 2.05) is 49.6 Å². The quantitative estimate of drug-likeness (QED) is 0.267. The molecule has 0 fully saturated rings. The minimum absolute atomic E-state index is 0.164. The van der Waals surface area contributed by atoms with Gasteiger partial charge in [-0.25, -0.2) is 14.6 Å². The average Bonchev–Trinajstić information content (AvgIpc) is 3.45. The van der Waals surface area contributed by atoms with Gasteiger partial charge in [-0.05, 0) is 88.2 Å². The topological polar surface area (TPSA) is 101 Å².